The largest absolute Gasteiger partial charge is 0.490 e. The molecule has 0 spiro atoms. The van der Waals surface area contributed by atoms with Gasteiger partial charge in [-0.2, -0.15) is 5.10 Å². The maximum absolute atomic E-state index is 12.3. The van der Waals surface area contributed by atoms with E-state index in [-0.39, 0.29) is 5.75 Å². The second kappa shape index (κ2) is 11.4. The number of nitrogens with one attached hydrogen (secondary N) is 2. The van der Waals surface area contributed by atoms with Gasteiger partial charge in [-0.3, -0.25) is 9.59 Å². The number of ether oxygens (including phenoxy) is 2. The van der Waals surface area contributed by atoms with E-state index in [1.54, 1.807) is 79.7 Å². The number of carbonyl (C=O) groups is 3. The van der Waals surface area contributed by atoms with Crippen LogP contribution in [0.4, 0.5) is 5.69 Å². The van der Waals surface area contributed by atoms with Gasteiger partial charge >= 0.3 is 17.8 Å². The second-order valence-electron chi connectivity index (χ2n) is 6.53. The van der Waals surface area contributed by atoms with E-state index in [4.69, 9.17) is 21.1 Å². The van der Waals surface area contributed by atoms with Crippen LogP contribution in [0.3, 0.4) is 0 Å². The molecule has 0 aliphatic carbocycles. The highest BCUT2D eigenvalue weighted by atomic mass is 35.5. The second-order valence-corrected chi connectivity index (χ2v) is 6.94. The standard InChI is InChI=1S/C24H20ClN3O5/c1-2-32-21-14-16(12-13-20(21)33-24(31)17-8-4-3-5-9-17)15-26-28-23(30)22(29)27-19-11-7-6-10-18(19)25/h3-15H,2H2,1H3,(H,27,29)(H,28,30). The summed E-state index contributed by atoms with van der Waals surface area (Å²) in [7, 11) is 0. The van der Waals surface area contributed by atoms with Crippen molar-refractivity contribution in [2.75, 3.05) is 11.9 Å². The van der Waals surface area contributed by atoms with Crippen molar-refractivity contribution in [2.24, 2.45) is 5.10 Å². The summed E-state index contributed by atoms with van der Waals surface area (Å²) in [5.74, 6) is -1.84. The van der Waals surface area contributed by atoms with Crippen molar-refractivity contribution in [2.45, 2.75) is 6.92 Å². The quantitative estimate of drug-likeness (QED) is 0.180. The summed E-state index contributed by atoms with van der Waals surface area (Å²) < 4.78 is 11.0. The third-order valence-corrected chi connectivity index (χ3v) is 4.52. The van der Waals surface area contributed by atoms with E-state index in [9.17, 15) is 14.4 Å². The smallest absolute Gasteiger partial charge is 0.343 e. The van der Waals surface area contributed by atoms with E-state index < -0.39 is 17.8 Å². The zero-order valence-electron chi connectivity index (χ0n) is 17.6. The van der Waals surface area contributed by atoms with Gasteiger partial charge in [0.05, 0.1) is 29.1 Å². The molecule has 2 amide bonds. The first-order chi connectivity index (χ1) is 16.0. The van der Waals surface area contributed by atoms with Gasteiger partial charge in [-0.25, -0.2) is 10.2 Å². The molecule has 168 valence electrons. The Labute approximate surface area is 195 Å². The molecule has 0 aromatic heterocycles. The Kier molecular flexibility index (Phi) is 8.15. The highest BCUT2D eigenvalue weighted by molar-refractivity contribution is 6.41. The van der Waals surface area contributed by atoms with Crippen molar-refractivity contribution in [1.29, 1.82) is 0 Å². The van der Waals surface area contributed by atoms with E-state index in [1.807, 2.05) is 0 Å². The summed E-state index contributed by atoms with van der Waals surface area (Å²) in [4.78, 5) is 36.3. The molecular weight excluding hydrogens is 446 g/mol. The molecule has 3 aromatic rings. The van der Waals surface area contributed by atoms with E-state index in [0.717, 1.165) is 0 Å². The van der Waals surface area contributed by atoms with Crippen molar-refractivity contribution in [1.82, 2.24) is 5.43 Å². The zero-order chi connectivity index (χ0) is 23.6. The number of para-hydroxylation sites is 1. The molecule has 0 saturated heterocycles. The highest BCUT2D eigenvalue weighted by Gasteiger charge is 2.15. The predicted octanol–water partition coefficient (Wildman–Crippen LogP) is 4.05. The van der Waals surface area contributed by atoms with E-state index in [1.165, 1.54) is 6.21 Å². The first kappa shape index (κ1) is 23.5. The molecule has 0 aliphatic rings. The van der Waals surface area contributed by atoms with Crippen molar-refractivity contribution < 1.29 is 23.9 Å². The van der Waals surface area contributed by atoms with Crippen LogP contribution in [-0.2, 0) is 9.59 Å². The Morgan fingerprint density at radius 1 is 0.939 bits per heavy atom. The molecule has 0 heterocycles. The lowest BCUT2D eigenvalue weighted by Crippen LogP contribution is -2.32. The maximum Gasteiger partial charge on any atom is 0.343 e. The Morgan fingerprint density at radius 3 is 2.39 bits per heavy atom. The summed E-state index contributed by atoms with van der Waals surface area (Å²) in [5, 5.41) is 6.49. The summed E-state index contributed by atoms with van der Waals surface area (Å²) in [6.07, 6.45) is 1.33. The van der Waals surface area contributed by atoms with Gasteiger partial charge in [0.25, 0.3) is 0 Å². The number of hydrogen-bond acceptors (Lipinski definition) is 6. The van der Waals surface area contributed by atoms with Gasteiger partial charge in [-0.1, -0.05) is 41.9 Å². The van der Waals surface area contributed by atoms with Crippen LogP contribution in [0.25, 0.3) is 0 Å². The van der Waals surface area contributed by atoms with Gasteiger partial charge in [0, 0.05) is 0 Å². The third kappa shape index (κ3) is 6.65. The summed E-state index contributed by atoms with van der Waals surface area (Å²) in [6, 6.07) is 19.9. The average Bonchev–Trinajstić information content (AvgIpc) is 2.82. The molecule has 0 fully saturated rings. The van der Waals surface area contributed by atoms with E-state index >= 15 is 0 Å². The van der Waals surface area contributed by atoms with Crippen molar-refractivity contribution in [3.8, 4) is 11.5 Å². The number of hydrazone groups is 1. The first-order valence-electron chi connectivity index (χ1n) is 9.91. The number of carbonyl (C=O) groups excluding carboxylic acids is 3. The molecule has 33 heavy (non-hydrogen) atoms. The number of hydrogen-bond donors (Lipinski definition) is 2. The number of amides is 2. The van der Waals surface area contributed by atoms with Crippen molar-refractivity contribution >= 4 is 41.3 Å². The van der Waals surface area contributed by atoms with Crippen LogP contribution in [0.2, 0.25) is 5.02 Å². The van der Waals surface area contributed by atoms with E-state index in [2.05, 4.69) is 15.8 Å². The van der Waals surface area contributed by atoms with Crippen LogP contribution in [0.1, 0.15) is 22.8 Å². The number of anilines is 1. The molecule has 3 aromatic carbocycles. The Morgan fingerprint density at radius 2 is 1.67 bits per heavy atom. The maximum atomic E-state index is 12.3. The van der Waals surface area contributed by atoms with Crippen molar-refractivity contribution in [3.63, 3.8) is 0 Å². The number of nitrogens with zero attached hydrogens (tertiary/aromatic N) is 1. The summed E-state index contributed by atoms with van der Waals surface area (Å²) in [6.45, 7) is 2.14. The van der Waals surface area contributed by atoms with Crippen LogP contribution >= 0.6 is 11.6 Å². The molecule has 0 unspecified atom stereocenters. The van der Waals surface area contributed by atoms with Crippen LogP contribution < -0.4 is 20.2 Å². The SMILES string of the molecule is CCOc1cc(C=NNC(=O)C(=O)Nc2ccccc2Cl)ccc1OC(=O)c1ccccc1. The minimum atomic E-state index is -0.968. The van der Waals surface area contributed by atoms with Crippen LogP contribution in [0, 0.1) is 0 Å². The highest BCUT2D eigenvalue weighted by Crippen LogP contribution is 2.29. The normalized spacial score (nSPS) is 10.5. The van der Waals surface area contributed by atoms with Crippen LogP contribution in [0.15, 0.2) is 77.9 Å². The molecule has 0 radical (unpaired) electrons. The van der Waals surface area contributed by atoms with E-state index in [0.29, 0.717) is 34.2 Å². The topological polar surface area (TPSA) is 106 Å². The summed E-state index contributed by atoms with van der Waals surface area (Å²) in [5.41, 5.74) is 3.40. The van der Waals surface area contributed by atoms with Gasteiger partial charge in [0.1, 0.15) is 0 Å². The lowest BCUT2D eigenvalue weighted by Gasteiger charge is -2.11. The Bertz CT molecular complexity index is 1180. The molecule has 9 heteroatoms. The fourth-order valence-corrected chi connectivity index (χ4v) is 2.83. The van der Waals surface area contributed by atoms with Gasteiger partial charge in [0.2, 0.25) is 0 Å². The minimum absolute atomic E-state index is 0.242. The molecule has 0 aliphatic heterocycles. The molecule has 0 atom stereocenters. The molecule has 8 nitrogen and oxygen atoms in total. The molecule has 3 rings (SSSR count). The third-order valence-electron chi connectivity index (χ3n) is 4.19. The predicted molar refractivity (Wildman–Crippen MR) is 125 cm³/mol. The van der Waals surface area contributed by atoms with Gasteiger partial charge in [-0.05, 0) is 55.0 Å². The lowest BCUT2D eigenvalue weighted by atomic mass is 10.2. The van der Waals surface area contributed by atoms with Crippen LogP contribution in [0.5, 0.6) is 11.5 Å². The van der Waals surface area contributed by atoms with Gasteiger partial charge in [0.15, 0.2) is 11.5 Å². The monoisotopic (exact) mass is 465 g/mol. The summed E-state index contributed by atoms with van der Waals surface area (Å²) >= 11 is 5.96. The van der Waals surface area contributed by atoms with Gasteiger partial charge < -0.3 is 14.8 Å². The minimum Gasteiger partial charge on any atom is -0.490 e. The number of halogens is 1. The number of esters is 1. The molecule has 0 saturated carbocycles. The van der Waals surface area contributed by atoms with Crippen molar-refractivity contribution in [3.05, 3.63) is 88.9 Å². The fraction of sp³-hybridized carbons (Fsp3) is 0.0833. The molecular formula is C24H20ClN3O5. The Balaban J connectivity index is 1.63. The zero-order valence-corrected chi connectivity index (χ0v) is 18.3. The van der Waals surface area contributed by atoms with Crippen LogP contribution in [-0.4, -0.2) is 30.6 Å². The van der Waals surface area contributed by atoms with Gasteiger partial charge in [-0.15, -0.1) is 0 Å². The fourth-order valence-electron chi connectivity index (χ4n) is 2.65. The lowest BCUT2D eigenvalue weighted by molar-refractivity contribution is -0.136. The number of rotatable bonds is 7. The Hall–Kier alpha value is -4.17. The average molecular weight is 466 g/mol. The first-order valence-corrected chi connectivity index (χ1v) is 10.3. The number of benzene rings is 3. The molecule has 2 N–H and O–H groups in total. The molecule has 0 bridgehead atoms.